The van der Waals surface area contributed by atoms with Gasteiger partial charge in [-0.15, -0.1) is 0 Å². The van der Waals surface area contributed by atoms with Crippen molar-refractivity contribution in [2.24, 2.45) is 5.73 Å². The van der Waals surface area contributed by atoms with E-state index < -0.39 is 0 Å². The van der Waals surface area contributed by atoms with Gasteiger partial charge in [0.25, 0.3) is 0 Å². The molecule has 1 aromatic rings. The quantitative estimate of drug-likeness (QED) is 0.724. The average molecular weight is 250 g/mol. The standard InChI is InChI=1S/C13H18N2O3/c1-10(15-12(16)8-14)7-13(17)18-9-11-5-3-2-4-6-11/h2-6,10H,7-9,14H2,1H3,(H,15,16)/t10-/m1/s1. The van der Waals surface area contributed by atoms with Crippen molar-refractivity contribution in [3.63, 3.8) is 0 Å². The van der Waals surface area contributed by atoms with Crippen molar-refractivity contribution in [3.05, 3.63) is 35.9 Å². The third-order valence-electron chi connectivity index (χ3n) is 2.31. The monoisotopic (exact) mass is 250 g/mol. The second-order valence-corrected chi connectivity index (χ2v) is 4.02. The zero-order chi connectivity index (χ0) is 13.4. The Bertz CT molecular complexity index is 392. The van der Waals surface area contributed by atoms with Crippen molar-refractivity contribution in [1.29, 1.82) is 0 Å². The number of esters is 1. The van der Waals surface area contributed by atoms with E-state index in [1.165, 1.54) is 0 Å². The molecule has 0 aliphatic rings. The van der Waals surface area contributed by atoms with Gasteiger partial charge in [0.05, 0.1) is 13.0 Å². The van der Waals surface area contributed by atoms with Gasteiger partial charge in [-0.05, 0) is 12.5 Å². The van der Waals surface area contributed by atoms with Crippen LogP contribution in [0.2, 0.25) is 0 Å². The van der Waals surface area contributed by atoms with E-state index in [0.717, 1.165) is 5.56 Å². The van der Waals surface area contributed by atoms with Crippen LogP contribution in [-0.4, -0.2) is 24.5 Å². The number of rotatable bonds is 6. The second-order valence-electron chi connectivity index (χ2n) is 4.02. The highest BCUT2D eigenvalue weighted by atomic mass is 16.5. The van der Waals surface area contributed by atoms with Crippen molar-refractivity contribution in [2.45, 2.75) is 26.0 Å². The molecular weight excluding hydrogens is 232 g/mol. The third-order valence-corrected chi connectivity index (χ3v) is 2.31. The lowest BCUT2D eigenvalue weighted by molar-refractivity contribution is -0.145. The number of carbonyl (C=O) groups excluding carboxylic acids is 2. The molecule has 0 aliphatic heterocycles. The van der Waals surface area contributed by atoms with Crippen LogP contribution in [0.1, 0.15) is 18.9 Å². The highest BCUT2D eigenvalue weighted by Gasteiger charge is 2.12. The van der Waals surface area contributed by atoms with Gasteiger partial charge in [-0.25, -0.2) is 0 Å². The summed E-state index contributed by atoms with van der Waals surface area (Å²) in [5.41, 5.74) is 6.09. The topological polar surface area (TPSA) is 81.4 Å². The number of hydrogen-bond acceptors (Lipinski definition) is 4. The smallest absolute Gasteiger partial charge is 0.308 e. The molecule has 0 bridgehead atoms. The Morgan fingerprint density at radius 3 is 2.61 bits per heavy atom. The van der Waals surface area contributed by atoms with Gasteiger partial charge >= 0.3 is 5.97 Å². The van der Waals surface area contributed by atoms with E-state index >= 15 is 0 Å². The van der Waals surface area contributed by atoms with E-state index in [-0.39, 0.29) is 37.5 Å². The molecule has 1 rings (SSSR count). The lowest BCUT2D eigenvalue weighted by Crippen LogP contribution is -2.38. The Labute approximate surface area is 106 Å². The minimum absolute atomic E-state index is 0.0800. The maximum Gasteiger partial charge on any atom is 0.308 e. The summed E-state index contributed by atoms with van der Waals surface area (Å²) in [7, 11) is 0. The number of ether oxygens (including phenoxy) is 1. The van der Waals surface area contributed by atoms with E-state index in [4.69, 9.17) is 10.5 Å². The van der Waals surface area contributed by atoms with Crippen molar-refractivity contribution in [3.8, 4) is 0 Å². The lowest BCUT2D eigenvalue weighted by atomic mass is 10.2. The molecule has 0 fully saturated rings. The first-order chi connectivity index (χ1) is 8.61. The maximum atomic E-state index is 11.5. The van der Waals surface area contributed by atoms with Crippen LogP contribution in [0.25, 0.3) is 0 Å². The van der Waals surface area contributed by atoms with Crippen LogP contribution in [0.3, 0.4) is 0 Å². The van der Waals surface area contributed by atoms with Crippen molar-refractivity contribution in [1.82, 2.24) is 5.32 Å². The van der Waals surface area contributed by atoms with Gasteiger partial charge in [0.1, 0.15) is 6.61 Å². The predicted octanol–water partition coefficient (Wildman–Crippen LogP) is 0.583. The highest BCUT2D eigenvalue weighted by molar-refractivity contribution is 5.79. The Hall–Kier alpha value is -1.88. The molecule has 5 nitrogen and oxygen atoms in total. The van der Waals surface area contributed by atoms with Crippen LogP contribution in [0.4, 0.5) is 0 Å². The zero-order valence-electron chi connectivity index (χ0n) is 10.4. The third kappa shape index (κ3) is 5.45. The summed E-state index contributed by atoms with van der Waals surface area (Å²) in [6, 6.07) is 9.15. The van der Waals surface area contributed by atoms with Crippen LogP contribution < -0.4 is 11.1 Å². The summed E-state index contributed by atoms with van der Waals surface area (Å²) in [4.78, 5) is 22.5. The molecule has 0 saturated heterocycles. The number of hydrogen-bond donors (Lipinski definition) is 2. The number of nitrogens with one attached hydrogen (secondary N) is 1. The molecule has 5 heteroatoms. The molecule has 0 saturated carbocycles. The Kier molecular flexibility index (Phi) is 5.87. The normalized spacial score (nSPS) is 11.7. The van der Waals surface area contributed by atoms with Crippen LogP contribution in [-0.2, 0) is 20.9 Å². The first-order valence-electron chi connectivity index (χ1n) is 5.80. The van der Waals surface area contributed by atoms with Gasteiger partial charge in [0.2, 0.25) is 5.91 Å². The van der Waals surface area contributed by atoms with Gasteiger partial charge in [-0.3, -0.25) is 9.59 Å². The molecule has 0 unspecified atom stereocenters. The largest absolute Gasteiger partial charge is 0.461 e. The number of carbonyl (C=O) groups is 2. The fourth-order valence-electron chi connectivity index (χ4n) is 1.43. The Morgan fingerprint density at radius 1 is 1.33 bits per heavy atom. The Morgan fingerprint density at radius 2 is 2.00 bits per heavy atom. The lowest BCUT2D eigenvalue weighted by Gasteiger charge is -2.12. The van der Waals surface area contributed by atoms with E-state index in [9.17, 15) is 9.59 Å². The number of benzene rings is 1. The van der Waals surface area contributed by atoms with Gasteiger partial charge in [-0.1, -0.05) is 30.3 Å². The minimum atomic E-state index is -0.344. The molecule has 0 radical (unpaired) electrons. The van der Waals surface area contributed by atoms with Crippen molar-refractivity contribution < 1.29 is 14.3 Å². The average Bonchev–Trinajstić information content (AvgIpc) is 2.37. The number of amides is 1. The fraction of sp³-hybridized carbons (Fsp3) is 0.385. The van der Waals surface area contributed by atoms with Crippen LogP contribution in [0, 0.1) is 0 Å². The summed E-state index contributed by atoms with van der Waals surface area (Å²) in [6.45, 7) is 1.90. The van der Waals surface area contributed by atoms with Crippen molar-refractivity contribution >= 4 is 11.9 Å². The molecule has 18 heavy (non-hydrogen) atoms. The van der Waals surface area contributed by atoms with Crippen LogP contribution in [0.15, 0.2) is 30.3 Å². The number of nitrogens with two attached hydrogens (primary N) is 1. The molecule has 1 atom stereocenters. The first-order valence-corrected chi connectivity index (χ1v) is 5.80. The molecule has 0 spiro atoms. The molecule has 0 aromatic heterocycles. The minimum Gasteiger partial charge on any atom is -0.461 e. The highest BCUT2D eigenvalue weighted by Crippen LogP contribution is 2.02. The molecule has 98 valence electrons. The second kappa shape index (κ2) is 7.45. The summed E-state index contributed by atoms with van der Waals surface area (Å²) in [5.74, 6) is -0.623. The SMILES string of the molecule is C[C@H](CC(=O)OCc1ccccc1)NC(=O)CN. The molecule has 0 heterocycles. The molecule has 0 aliphatic carbocycles. The summed E-state index contributed by atoms with van der Waals surface area (Å²) >= 11 is 0. The molecule has 3 N–H and O–H groups in total. The van der Waals surface area contributed by atoms with Crippen molar-refractivity contribution in [2.75, 3.05) is 6.54 Å². The summed E-state index contributed by atoms with van der Waals surface area (Å²) < 4.78 is 5.09. The zero-order valence-corrected chi connectivity index (χ0v) is 10.4. The summed E-state index contributed by atoms with van der Waals surface area (Å²) in [6.07, 6.45) is 0.137. The van der Waals surface area contributed by atoms with Gasteiger partial charge in [0.15, 0.2) is 0 Å². The van der Waals surface area contributed by atoms with Crippen LogP contribution in [0.5, 0.6) is 0 Å². The van der Waals surface area contributed by atoms with E-state index in [1.807, 2.05) is 30.3 Å². The van der Waals surface area contributed by atoms with Crippen LogP contribution >= 0.6 is 0 Å². The molecule has 1 amide bonds. The fourth-order valence-corrected chi connectivity index (χ4v) is 1.43. The summed E-state index contributed by atoms with van der Waals surface area (Å²) in [5, 5.41) is 2.59. The van der Waals surface area contributed by atoms with E-state index in [1.54, 1.807) is 6.92 Å². The van der Waals surface area contributed by atoms with Gasteiger partial charge in [-0.2, -0.15) is 0 Å². The predicted molar refractivity (Wildman–Crippen MR) is 67.5 cm³/mol. The van der Waals surface area contributed by atoms with E-state index in [0.29, 0.717) is 0 Å². The maximum absolute atomic E-state index is 11.5. The van der Waals surface area contributed by atoms with Gasteiger partial charge in [0, 0.05) is 6.04 Å². The first kappa shape index (κ1) is 14.2. The molecular formula is C13H18N2O3. The molecule has 1 aromatic carbocycles. The Balaban J connectivity index is 2.27. The van der Waals surface area contributed by atoms with E-state index in [2.05, 4.69) is 5.32 Å². The van der Waals surface area contributed by atoms with Gasteiger partial charge < -0.3 is 15.8 Å².